The summed E-state index contributed by atoms with van der Waals surface area (Å²) in [5, 5.41) is 0. The number of aldehydes is 1. The zero-order valence-electron chi connectivity index (χ0n) is 5.71. The third-order valence-corrected chi connectivity index (χ3v) is 1.99. The van der Waals surface area contributed by atoms with Gasteiger partial charge in [-0.25, -0.2) is 0 Å². The van der Waals surface area contributed by atoms with Crippen molar-refractivity contribution in [3.05, 3.63) is 12.2 Å². The minimum atomic E-state index is 0.287. The van der Waals surface area contributed by atoms with Gasteiger partial charge >= 0.3 is 0 Å². The molecule has 9 heavy (non-hydrogen) atoms. The van der Waals surface area contributed by atoms with E-state index in [-0.39, 0.29) is 5.92 Å². The second-order valence-corrected chi connectivity index (χ2v) is 2.72. The average Bonchev–Trinajstić information content (AvgIpc) is 1.89. The van der Waals surface area contributed by atoms with Crippen molar-refractivity contribution in [1.29, 1.82) is 0 Å². The topological polar surface area (TPSA) is 17.1 Å². The van der Waals surface area contributed by atoms with E-state index in [0.29, 0.717) is 5.92 Å². The maximum atomic E-state index is 10.3. The van der Waals surface area contributed by atoms with Gasteiger partial charge < -0.3 is 4.79 Å². The molecule has 0 spiro atoms. The third-order valence-electron chi connectivity index (χ3n) is 1.99. The smallest absolute Gasteiger partial charge is 0.123 e. The molecule has 0 aromatic heterocycles. The summed E-state index contributed by atoms with van der Waals surface area (Å²) < 4.78 is 0. The van der Waals surface area contributed by atoms with Crippen molar-refractivity contribution in [3.8, 4) is 0 Å². The largest absolute Gasteiger partial charge is 0.303 e. The summed E-state index contributed by atoms with van der Waals surface area (Å²) in [4.78, 5) is 10.3. The second-order valence-electron chi connectivity index (χ2n) is 2.72. The predicted octanol–water partition coefficient (Wildman–Crippen LogP) is 1.79. The summed E-state index contributed by atoms with van der Waals surface area (Å²) in [5.41, 5.74) is 0. The molecule has 0 bridgehead atoms. The highest BCUT2D eigenvalue weighted by atomic mass is 16.1. The first-order valence-electron chi connectivity index (χ1n) is 3.45. The highest BCUT2D eigenvalue weighted by Gasteiger charge is 2.16. The lowest BCUT2D eigenvalue weighted by atomic mass is 9.86. The van der Waals surface area contributed by atoms with Crippen LogP contribution in [-0.4, -0.2) is 6.29 Å². The lowest BCUT2D eigenvalue weighted by Gasteiger charge is -2.18. The Labute approximate surface area is 55.8 Å². The van der Waals surface area contributed by atoms with Crippen molar-refractivity contribution in [2.75, 3.05) is 0 Å². The average molecular weight is 124 g/mol. The van der Waals surface area contributed by atoms with Gasteiger partial charge in [0.25, 0.3) is 0 Å². The number of carbonyl (C=O) groups is 1. The molecule has 0 aromatic rings. The lowest BCUT2D eigenvalue weighted by Crippen LogP contribution is -2.14. The van der Waals surface area contributed by atoms with E-state index in [0.717, 1.165) is 19.1 Å². The summed E-state index contributed by atoms with van der Waals surface area (Å²) in [6.45, 7) is 2.13. The van der Waals surface area contributed by atoms with Gasteiger partial charge in [0.05, 0.1) is 0 Å². The van der Waals surface area contributed by atoms with Crippen LogP contribution in [0.3, 0.4) is 0 Å². The molecular formula is C8H12O. The minimum Gasteiger partial charge on any atom is -0.303 e. The molecule has 50 valence electrons. The quantitative estimate of drug-likeness (QED) is 0.384. The van der Waals surface area contributed by atoms with Crippen molar-refractivity contribution in [3.63, 3.8) is 0 Å². The molecule has 0 fully saturated rings. The molecule has 1 heteroatoms. The molecule has 0 aliphatic heterocycles. The molecule has 2 unspecified atom stereocenters. The van der Waals surface area contributed by atoms with Gasteiger partial charge in [-0.15, -0.1) is 0 Å². The van der Waals surface area contributed by atoms with E-state index in [9.17, 15) is 4.79 Å². The van der Waals surface area contributed by atoms with Crippen LogP contribution in [-0.2, 0) is 4.79 Å². The van der Waals surface area contributed by atoms with E-state index in [1.165, 1.54) is 0 Å². The normalized spacial score (nSPS) is 34.3. The fourth-order valence-electron chi connectivity index (χ4n) is 1.16. The molecule has 1 rings (SSSR count). The predicted molar refractivity (Wildman–Crippen MR) is 37.1 cm³/mol. The number of rotatable bonds is 1. The Balaban J connectivity index is 2.52. The van der Waals surface area contributed by atoms with Crippen LogP contribution in [0.15, 0.2) is 12.2 Å². The maximum Gasteiger partial charge on any atom is 0.123 e. The van der Waals surface area contributed by atoms with Crippen LogP contribution in [0, 0.1) is 11.8 Å². The molecule has 0 N–H and O–H groups in total. The van der Waals surface area contributed by atoms with Crippen molar-refractivity contribution in [2.45, 2.75) is 19.8 Å². The van der Waals surface area contributed by atoms with Crippen molar-refractivity contribution in [2.24, 2.45) is 11.8 Å². The minimum absolute atomic E-state index is 0.287. The Morgan fingerprint density at radius 3 is 2.56 bits per heavy atom. The monoisotopic (exact) mass is 124 g/mol. The standard InChI is InChI=1S/C8H12O/c1-7-4-2-3-5-8(7)6-9/h2-3,6-8H,4-5H2,1H3. The Bertz CT molecular complexity index is 127. The van der Waals surface area contributed by atoms with Crippen LogP contribution in [0.1, 0.15) is 19.8 Å². The molecule has 0 radical (unpaired) electrons. The van der Waals surface area contributed by atoms with E-state index in [2.05, 4.69) is 19.1 Å². The van der Waals surface area contributed by atoms with Gasteiger partial charge in [0, 0.05) is 5.92 Å². The first-order chi connectivity index (χ1) is 4.34. The molecule has 0 amide bonds. The van der Waals surface area contributed by atoms with Crippen LogP contribution >= 0.6 is 0 Å². The number of allylic oxidation sites excluding steroid dienone is 2. The van der Waals surface area contributed by atoms with E-state index >= 15 is 0 Å². The summed E-state index contributed by atoms with van der Waals surface area (Å²) in [7, 11) is 0. The number of hydrogen-bond acceptors (Lipinski definition) is 1. The Kier molecular flexibility index (Phi) is 2.04. The Morgan fingerprint density at radius 2 is 2.11 bits per heavy atom. The van der Waals surface area contributed by atoms with E-state index in [1.54, 1.807) is 0 Å². The summed E-state index contributed by atoms with van der Waals surface area (Å²) in [6, 6.07) is 0. The fraction of sp³-hybridized carbons (Fsp3) is 0.625. The van der Waals surface area contributed by atoms with Gasteiger partial charge in [-0.1, -0.05) is 19.1 Å². The molecule has 2 atom stereocenters. The molecule has 0 saturated heterocycles. The van der Waals surface area contributed by atoms with Gasteiger partial charge in [-0.2, -0.15) is 0 Å². The highest BCUT2D eigenvalue weighted by Crippen LogP contribution is 2.22. The van der Waals surface area contributed by atoms with E-state index < -0.39 is 0 Å². The van der Waals surface area contributed by atoms with Crippen molar-refractivity contribution >= 4 is 6.29 Å². The summed E-state index contributed by atoms with van der Waals surface area (Å²) in [6.07, 6.45) is 7.35. The Morgan fingerprint density at radius 1 is 1.44 bits per heavy atom. The fourth-order valence-corrected chi connectivity index (χ4v) is 1.16. The first kappa shape index (κ1) is 6.53. The van der Waals surface area contributed by atoms with Crippen molar-refractivity contribution in [1.82, 2.24) is 0 Å². The molecule has 0 saturated carbocycles. The Hall–Kier alpha value is -0.590. The second kappa shape index (κ2) is 2.81. The van der Waals surface area contributed by atoms with Crippen LogP contribution in [0.4, 0.5) is 0 Å². The van der Waals surface area contributed by atoms with E-state index in [1.807, 2.05) is 0 Å². The zero-order valence-corrected chi connectivity index (χ0v) is 5.71. The molecule has 1 aliphatic carbocycles. The van der Waals surface area contributed by atoms with Gasteiger partial charge in [0.15, 0.2) is 0 Å². The first-order valence-corrected chi connectivity index (χ1v) is 3.45. The van der Waals surface area contributed by atoms with Crippen LogP contribution in [0.5, 0.6) is 0 Å². The van der Waals surface area contributed by atoms with Crippen LogP contribution < -0.4 is 0 Å². The third kappa shape index (κ3) is 1.41. The molecule has 0 aromatic carbocycles. The molecule has 1 aliphatic rings. The highest BCUT2D eigenvalue weighted by molar-refractivity contribution is 5.54. The molecular weight excluding hydrogens is 112 g/mol. The maximum absolute atomic E-state index is 10.3. The zero-order chi connectivity index (χ0) is 6.69. The molecule has 0 heterocycles. The lowest BCUT2D eigenvalue weighted by molar-refractivity contribution is -0.112. The van der Waals surface area contributed by atoms with Crippen molar-refractivity contribution < 1.29 is 4.79 Å². The van der Waals surface area contributed by atoms with E-state index in [4.69, 9.17) is 0 Å². The van der Waals surface area contributed by atoms with Gasteiger partial charge in [0.1, 0.15) is 6.29 Å². The van der Waals surface area contributed by atoms with Gasteiger partial charge in [-0.05, 0) is 18.8 Å². The van der Waals surface area contributed by atoms with Gasteiger partial charge in [0.2, 0.25) is 0 Å². The SMILES string of the molecule is CC1CC=CCC1C=O. The molecule has 1 nitrogen and oxygen atoms in total. The van der Waals surface area contributed by atoms with Gasteiger partial charge in [-0.3, -0.25) is 0 Å². The van der Waals surface area contributed by atoms with Crippen LogP contribution in [0.25, 0.3) is 0 Å². The summed E-state index contributed by atoms with van der Waals surface area (Å²) in [5.74, 6) is 0.850. The summed E-state index contributed by atoms with van der Waals surface area (Å²) >= 11 is 0. The number of carbonyl (C=O) groups excluding carboxylic acids is 1. The number of hydrogen-bond donors (Lipinski definition) is 0. The van der Waals surface area contributed by atoms with Crippen LogP contribution in [0.2, 0.25) is 0 Å².